The molecule has 38 heavy (non-hydrogen) atoms. The van der Waals surface area contributed by atoms with Gasteiger partial charge in [-0.1, -0.05) is 50.2 Å². The Hall–Kier alpha value is -4.31. The number of rotatable bonds is 12. The quantitative estimate of drug-likeness (QED) is 0.222. The Balaban J connectivity index is 1.88. The van der Waals surface area contributed by atoms with Gasteiger partial charge in [0, 0.05) is 12.0 Å². The lowest BCUT2D eigenvalue weighted by Crippen LogP contribution is -2.30. The van der Waals surface area contributed by atoms with Gasteiger partial charge in [0.2, 0.25) is 0 Å². The zero-order chi connectivity index (χ0) is 27.5. The Labute approximate surface area is 224 Å². The molecule has 3 aromatic rings. The second kappa shape index (κ2) is 13.8. The van der Waals surface area contributed by atoms with Crippen LogP contribution in [0.2, 0.25) is 0 Å². The van der Waals surface area contributed by atoms with E-state index in [1.807, 2.05) is 36.4 Å². The third-order valence-electron chi connectivity index (χ3n) is 6.11. The molecule has 0 radical (unpaired) electrons. The molecule has 7 heteroatoms. The van der Waals surface area contributed by atoms with Gasteiger partial charge < -0.3 is 19.5 Å². The lowest BCUT2D eigenvalue weighted by Gasteiger charge is -2.23. The number of nitrogens with one attached hydrogen (secondary N) is 1. The van der Waals surface area contributed by atoms with Crippen molar-refractivity contribution in [1.82, 2.24) is 5.32 Å². The summed E-state index contributed by atoms with van der Waals surface area (Å²) >= 11 is 0. The Bertz CT molecular complexity index is 1300. The molecule has 0 aromatic heterocycles. The van der Waals surface area contributed by atoms with Gasteiger partial charge in [0.25, 0.3) is 5.91 Å². The minimum absolute atomic E-state index is 0.168. The summed E-state index contributed by atoms with van der Waals surface area (Å²) in [6.07, 6.45) is 1.29. The number of nitrogens with zero attached hydrogens (tertiary/aromatic N) is 1. The molecule has 0 saturated carbocycles. The van der Waals surface area contributed by atoms with Crippen molar-refractivity contribution < 1.29 is 23.8 Å². The summed E-state index contributed by atoms with van der Waals surface area (Å²) in [4.78, 5) is 28.9. The Morgan fingerprint density at radius 2 is 1.74 bits per heavy atom. The predicted molar refractivity (Wildman–Crippen MR) is 146 cm³/mol. The first kappa shape index (κ1) is 28.3. The van der Waals surface area contributed by atoms with Gasteiger partial charge in [-0.15, -0.1) is 0 Å². The predicted octanol–water partition coefficient (Wildman–Crippen LogP) is 6.45. The number of ether oxygens (including phenoxy) is 3. The number of carbonyl (C=O) groups is 2. The van der Waals surface area contributed by atoms with Crippen LogP contribution in [0.4, 0.5) is 5.69 Å². The minimum Gasteiger partial charge on any atom is -0.497 e. The molecule has 3 aromatic carbocycles. The molecule has 0 aliphatic rings. The molecule has 0 fully saturated rings. The summed E-state index contributed by atoms with van der Waals surface area (Å²) in [5.74, 6) is 1.09. The van der Waals surface area contributed by atoms with E-state index in [4.69, 9.17) is 20.8 Å². The van der Waals surface area contributed by atoms with Crippen molar-refractivity contribution >= 4 is 17.6 Å². The topological polar surface area (TPSA) is 78.2 Å². The van der Waals surface area contributed by atoms with E-state index < -0.39 is 0 Å². The summed E-state index contributed by atoms with van der Waals surface area (Å²) < 4.78 is 16.1. The maximum absolute atomic E-state index is 13.7. The van der Waals surface area contributed by atoms with Gasteiger partial charge in [-0.05, 0) is 65.8 Å². The summed E-state index contributed by atoms with van der Waals surface area (Å²) in [6, 6.07) is 20.0. The van der Waals surface area contributed by atoms with Crippen LogP contribution in [0.5, 0.6) is 11.5 Å². The molecular formula is C31H34N2O5. The Kier molecular flexibility index (Phi) is 10.3. The number of hydrogen-bond donors (Lipinski definition) is 1. The molecule has 3 rings (SSSR count). The molecule has 0 bridgehead atoms. The number of carbonyl (C=O) groups excluding carboxylic acids is 2. The Morgan fingerprint density at radius 3 is 2.45 bits per heavy atom. The van der Waals surface area contributed by atoms with E-state index in [2.05, 4.69) is 24.0 Å². The monoisotopic (exact) mass is 514 g/mol. The van der Waals surface area contributed by atoms with Gasteiger partial charge in [-0.2, -0.15) is 0 Å². The van der Waals surface area contributed by atoms with Crippen molar-refractivity contribution in [3.05, 3.63) is 100 Å². The minimum atomic E-state index is -0.336. The molecule has 0 saturated heterocycles. The molecule has 0 heterocycles. The van der Waals surface area contributed by atoms with Crippen LogP contribution in [0.1, 0.15) is 59.8 Å². The zero-order valence-corrected chi connectivity index (χ0v) is 22.3. The summed E-state index contributed by atoms with van der Waals surface area (Å²) in [7, 11) is 2.97. The summed E-state index contributed by atoms with van der Waals surface area (Å²) in [5.41, 5.74) is 3.49. The standard InChI is InChI=1S/C31H34N2O5/c1-21(2)16-29(24-8-6-10-26(18-24)36-4)33-31(35)28-17-22(12-13-23(28)14-15-30(34)37-5)20-38-27-11-7-9-25(19-27)32-3/h6-13,17-19,21,29H,14-16,20H2,1-2,4-5H3,(H,33,35). The first-order valence-electron chi connectivity index (χ1n) is 12.6. The average Bonchev–Trinajstić information content (AvgIpc) is 2.94. The molecule has 198 valence electrons. The van der Waals surface area contributed by atoms with Crippen LogP contribution >= 0.6 is 0 Å². The number of methoxy groups -OCH3 is 2. The smallest absolute Gasteiger partial charge is 0.305 e. The third-order valence-corrected chi connectivity index (χ3v) is 6.11. The number of esters is 1. The summed E-state index contributed by atoms with van der Waals surface area (Å²) in [6.45, 7) is 11.6. The molecule has 1 atom stereocenters. The second-order valence-electron chi connectivity index (χ2n) is 9.40. The average molecular weight is 515 g/mol. The number of amides is 1. The Morgan fingerprint density at radius 1 is 0.974 bits per heavy atom. The number of benzene rings is 3. The van der Waals surface area contributed by atoms with E-state index in [-0.39, 0.29) is 30.9 Å². The molecule has 1 N–H and O–H groups in total. The normalized spacial score (nSPS) is 11.4. The lowest BCUT2D eigenvalue weighted by molar-refractivity contribution is -0.140. The van der Waals surface area contributed by atoms with Crippen molar-refractivity contribution in [2.45, 2.75) is 45.8 Å². The maximum Gasteiger partial charge on any atom is 0.305 e. The highest BCUT2D eigenvalue weighted by Gasteiger charge is 2.21. The van der Waals surface area contributed by atoms with Gasteiger partial charge in [0.15, 0.2) is 5.69 Å². The fourth-order valence-electron chi connectivity index (χ4n) is 4.14. The van der Waals surface area contributed by atoms with E-state index in [0.717, 1.165) is 28.9 Å². The van der Waals surface area contributed by atoms with E-state index in [0.29, 0.717) is 29.3 Å². The summed E-state index contributed by atoms with van der Waals surface area (Å²) in [5, 5.41) is 3.21. The first-order chi connectivity index (χ1) is 18.3. The molecule has 0 aliphatic heterocycles. The number of hydrogen-bond acceptors (Lipinski definition) is 5. The fourth-order valence-corrected chi connectivity index (χ4v) is 4.14. The van der Waals surface area contributed by atoms with Gasteiger partial charge in [0.05, 0.1) is 26.8 Å². The highest BCUT2D eigenvalue weighted by Crippen LogP contribution is 2.26. The van der Waals surface area contributed by atoms with Crippen LogP contribution in [0.15, 0.2) is 66.7 Å². The van der Waals surface area contributed by atoms with Crippen LogP contribution in [-0.2, 0) is 22.6 Å². The first-order valence-corrected chi connectivity index (χ1v) is 12.6. The van der Waals surface area contributed by atoms with Gasteiger partial charge in [-0.3, -0.25) is 9.59 Å². The highest BCUT2D eigenvalue weighted by molar-refractivity contribution is 5.96. The molecular weight excluding hydrogens is 480 g/mol. The fraction of sp³-hybridized carbons (Fsp3) is 0.323. The highest BCUT2D eigenvalue weighted by atomic mass is 16.5. The van der Waals surface area contributed by atoms with Gasteiger partial charge >= 0.3 is 5.97 Å². The molecule has 7 nitrogen and oxygen atoms in total. The van der Waals surface area contributed by atoms with Crippen molar-refractivity contribution in [3.63, 3.8) is 0 Å². The van der Waals surface area contributed by atoms with Crippen molar-refractivity contribution in [2.75, 3.05) is 14.2 Å². The van der Waals surface area contributed by atoms with Gasteiger partial charge in [0.1, 0.15) is 18.1 Å². The zero-order valence-electron chi connectivity index (χ0n) is 22.3. The maximum atomic E-state index is 13.7. The van der Waals surface area contributed by atoms with Crippen molar-refractivity contribution in [2.24, 2.45) is 5.92 Å². The van der Waals surface area contributed by atoms with Crippen molar-refractivity contribution in [3.8, 4) is 11.5 Å². The van der Waals surface area contributed by atoms with Crippen LogP contribution in [0, 0.1) is 12.5 Å². The molecule has 0 spiro atoms. The van der Waals surface area contributed by atoms with E-state index in [9.17, 15) is 9.59 Å². The lowest BCUT2D eigenvalue weighted by atomic mass is 9.95. The van der Waals surface area contributed by atoms with Crippen LogP contribution in [0.3, 0.4) is 0 Å². The van der Waals surface area contributed by atoms with E-state index in [1.54, 1.807) is 37.4 Å². The van der Waals surface area contributed by atoms with Crippen LogP contribution in [-0.4, -0.2) is 26.1 Å². The van der Waals surface area contributed by atoms with E-state index >= 15 is 0 Å². The van der Waals surface area contributed by atoms with E-state index in [1.165, 1.54) is 7.11 Å². The van der Waals surface area contributed by atoms with Crippen LogP contribution < -0.4 is 14.8 Å². The van der Waals surface area contributed by atoms with Crippen molar-refractivity contribution in [1.29, 1.82) is 0 Å². The third kappa shape index (κ3) is 8.10. The SMILES string of the molecule is [C-]#[N+]c1cccc(OCc2ccc(CCC(=O)OC)c(C(=O)NC(CC(C)C)c3cccc(OC)c3)c2)c1. The number of aryl methyl sites for hydroxylation is 1. The molecule has 1 amide bonds. The van der Waals surface area contributed by atoms with Crippen LogP contribution in [0.25, 0.3) is 4.85 Å². The molecule has 1 unspecified atom stereocenters. The van der Waals surface area contributed by atoms with Gasteiger partial charge in [-0.25, -0.2) is 4.85 Å². The molecule has 0 aliphatic carbocycles. The largest absolute Gasteiger partial charge is 0.497 e. The second-order valence-corrected chi connectivity index (χ2v) is 9.40.